The summed E-state index contributed by atoms with van der Waals surface area (Å²) in [5, 5.41) is 8.65. The third-order valence-corrected chi connectivity index (χ3v) is 4.89. The van der Waals surface area contributed by atoms with Gasteiger partial charge in [0.15, 0.2) is 11.5 Å². The van der Waals surface area contributed by atoms with Crippen LogP contribution in [-0.2, 0) is 4.74 Å². The molecular weight excluding hydrogens is 338 g/mol. The molecule has 1 N–H and O–H groups in total. The van der Waals surface area contributed by atoms with Crippen molar-refractivity contribution in [2.24, 2.45) is 0 Å². The number of benzene rings is 1. The van der Waals surface area contributed by atoms with Crippen molar-refractivity contribution in [1.29, 1.82) is 0 Å². The fourth-order valence-electron chi connectivity index (χ4n) is 2.69. The number of hydrogen-bond acceptors (Lipinski definition) is 6. The number of nitrogens with one attached hydrogen (secondary N) is 1. The van der Waals surface area contributed by atoms with Crippen LogP contribution in [0.5, 0.6) is 0 Å². The van der Waals surface area contributed by atoms with Gasteiger partial charge in [0.1, 0.15) is 0 Å². The maximum Gasteiger partial charge on any atom is 0.277 e. The van der Waals surface area contributed by atoms with Gasteiger partial charge in [0.25, 0.3) is 5.91 Å². The largest absolute Gasteiger partial charge is 0.378 e. The van der Waals surface area contributed by atoms with E-state index >= 15 is 0 Å². The molecule has 1 amide bonds. The molecule has 3 heterocycles. The van der Waals surface area contributed by atoms with Gasteiger partial charge in [-0.1, -0.05) is 11.2 Å². The molecule has 2 aromatic heterocycles. The summed E-state index contributed by atoms with van der Waals surface area (Å²) in [4.78, 5) is 15.5. The Hall–Kier alpha value is -2.64. The SMILES string of the molecule is O=C(Nc1ccc(N2CCOCC2)cc1)c1cc(-c2cccs2)on1. The normalized spacial score (nSPS) is 14.5. The Morgan fingerprint density at radius 2 is 1.96 bits per heavy atom. The van der Waals surface area contributed by atoms with Crippen LogP contribution >= 0.6 is 11.3 Å². The second kappa shape index (κ2) is 7.08. The molecular formula is C18H17N3O3S. The lowest BCUT2D eigenvalue weighted by atomic mass is 10.2. The number of carbonyl (C=O) groups excluding carboxylic acids is 1. The molecule has 7 heteroatoms. The van der Waals surface area contributed by atoms with Crippen molar-refractivity contribution in [3.8, 4) is 10.6 Å². The van der Waals surface area contributed by atoms with Gasteiger partial charge in [-0.15, -0.1) is 11.3 Å². The zero-order valence-corrected chi connectivity index (χ0v) is 14.3. The Bertz CT molecular complexity index is 837. The van der Waals surface area contributed by atoms with Crippen molar-refractivity contribution >= 4 is 28.6 Å². The third kappa shape index (κ3) is 3.57. The Balaban J connectivity index is 1.42. The second-order valence-corrected chi connectivity index (χ2v) is 6.60. The molecule has 128 valence electrons. The summed E-state index contributed by atoms with van der Waals surface area (Å²) in [5.41, 5.74) is 2.12. The average Bonchev–Trinajstić information content (AvgIpc) is 3.35. The first kappa shape index (κ1) is 15.9. The smallest absolute Gasteiger partial charge is 0.277 e. The number of ether oxygens (including phenoxy) is 1. The lowest BCUT2D eigenvalue weighted by Gasteiger charge is -2.28. The second-order valence-electron chi connectivity index (χ2n) is 5.65. The maximum atomic E-state index is 12.3. The van der Waals surface area contributed by atoms with E-state index in [4.69, 9.17) is 9.26 Å². The lowest BCUT2D eigenvalue weighted by Crippen LogP contribution is -2.36. The van der Waals surface area contributed by atoms with E-state index in [1.807, 2.05) is 41.8 Å². The monoisotopic (exact) mass is 355 g/mol. The first-order valence-electron chi connectivity index (χ1n) is 8.04. The van der Waals surface area contributed by atoms with E-state index in [-0.39, 0.29) is 11.6 Å². The van der Waals surface area contributed by atoms with Crippen LogP contribution in [0.3, 0.4) is 0 Å². The van der Waals surface area contributed by atoms with Crippen LogP contribution in [0.25, 0.3) is 10.6 Å². The summed E-state index contributed by atoms with van der Waals surface area (Å²) in [6.07, 6.45) is 0. The minimum atomic E-state index is -0.286. The van der Waals surface area contributed by atoms with Crippen molar-refractivity contribution in [2.45, 2.75) is 0 Å². The third-order valence-electron chi connectivity index (χ3n) is 4.01. The van der Waals surface area contributed by atoms with E-state index in [0.717, 1.165) is 42.6 Å². The number of morpholine rings is 1. The van der Waals surface area contributed by atoms with Crippen LogP contribution in [0.1, 0.15) is 10.5 Å². The fraction of sp³-hybridized carbons (Fsp3) is 0.222. The summed E-state index contributed by atoms with van der Waals surface area (Å²) in [5.74, 6) is 0.313. The Labute approximate surface area is 149 Å². The number of anilines is 2. The zero-order valence-electron chi connectivity index (χ0n) is 13.5. The molecule has 0 spiro atoms. The zero-order chi connectivity index (χ0) is 17.1. The average molecular weight is 355 g/mol. The molecule has 6 nitrogen and oxygen atoms in total. The van der Waals surface area contributed by atoms with Gasteiger partial charge in [0.2, 0.25) is 0 Å². The van der Waals surface area contributed by atoms with E-state index in [2.05, 4.69) is 15.4 Å². The molecule has 1 saturated heterocycles. The van der Waals surface area contributed by atoms with E-state index < -0.39 is 0 Å². The van der Waals surface area contributed by atoms with Crippen LogP contribution in [0, 0.1) is 0 Å². The number of carbonyl (C=O) groups is 1. The maximum absolute atomic E-state index is 12.3. The summed E-state index contributed by atoms with van der Waals surface area (Å²) in [6, 6.07) is 13.3. The van der Waals surface area contributed by atoms with Gasteiger partial charge in [-0.05, 0) is 35.7 Å². The highest BCUT2D eigenvalue weighted by Gasteiger charge is 2.15. The molecule has 0 aliphatic carbocycles. The van der Waals surface area contributed by atoms with Gasteiger partial charge in [0, 0.05) is 30.5 Å². The van der Waals surface area contributed by atoms with Crippen LogP contribution in [-0.4, -0.2) is 37.4 Å². The summed E-state index contributed by atoms with van der Waals surface area (Å²) in [6.45, 7) is 3.26. The van der Waals surface area contributed by atoms with Crippen molar-refractivity contribution in [3.05, 3.63) is 53.5 Å². The molecule has 0 saturated carbocycles. The highest BCUT2D eigenvalue weighted by atomic mass is 32.1. The van der Waals surface area contributed by atoms with Gasteiger partial charge in [-0.2, -0.15) is 0 Å². The van der Waals surface area contributed by atoms with Crippen molar-refractivity contribution in [2.75, 3.05) is 36.5 Å². The number of aromatic nitrogens is 1. The lowest BCUT2D eigenvalue weighted by molar-refractivity contribution is 0.101. The summed E-state index contributed by atoms with van der Waals surface area (Å²) >= 11 is 1.54. The number of rotatable bonds is 4. The topological polar surface area (TPSA) is 67.6 Å². The van der Waals surface area contributed by atoms with Crippen molar-refractivity contribution in [3.63, 3.8) is 0 Å². The summed E-state index contributed by atoms with van der Waals surface area (Å²) < 4.78 is 10.6. The number of amides is 1. The predicted molar refractivity (Wildman–Crippen MR) is 97.2 cm³/mol. The first-order valence-corrected chi connectivity index (χ1v) is 8.92. The predicted octanol–water partition coefficient (Wildman–Crippen LogP) is 3.49. The molecule has 0 unspecified atom stereocenters. The molecule has 1 fully saturated rings. The van der Waals surface area contributed by atoms with Gasteiger partial charge >= 0.3 is 0 Å². The first-order chi connectivity index (χ1) is 12.3. The minimum absolute atomic E-state index is 0.264. The molecule has 25 heavy (non-hydrogen) atoms. The number of thiophene rings is 1. The van der Waals surface area contributed by atoms with E-state index in [1.54, 1.807) is 17.4 Å². The number of nitrogens with zero attached hydrogens (tertiary/aromatic N) is 2. The van der Waals surface area contributed by atoms with E-state index in [1.165, 1.54) is 0 Å². The molecule has 1 aromatic carbocycles. The van der Waals surface area contributed by atoms with Crippen molar-refractivity contribution < 1.29 is 14.1 Å². The standard InChI is InChI=1S/C18H17N3O3S/c22-18(15-12-16(24-20-15)17-2-1-11-25-17)19-13-3-5-14(6-4-13)21-7-9-23-10-8-21/h1-6,11-12H,7-10H2,(H,19,22). The molecule has 0 bridgehead atoms. The summed E-state index contributed by atoms with van der Waals surface area (Å²) in [7, 11) is 0. The molecule has 0 atom stereocenters. The van der Waals surface area contributed by atoms with Crippen LogP contribution in [0.15, 0.2) is 52.4 Å². The van der Waals surface area contributed by atoms with E-state index in [0.29, 0.717) is 5.76 Å². The van der Waals surface area contributed by atoms with Crippen LogP contribution in [0.4, 0.5) is 11.4 Å². The molecule has 0 radical (unpaired) electrons. The van der Waals surface area contributed by atoms with Crippen molar-refractivity contribution in [1.82, 2.24) is 5.16 Å². The number of hydrogen-bond donors (Lipinski definition) is 1. The van der Waals surface area contributed by atoms with Crippen LogP contribution < -0.4 is 10.2 Å². The molecule has 3 aromatic rings. The Kier molecular flexibility index (Phi) is 4.49. The fourth-order valence-corrected chi connectivity index (χ4v) is 3.36. The molecule has 1 aliphatic heterocycles. The van der Waals surface area contributed by atoms with Gasteiger partial charge < -0.3 is 19.5 Å². The minimum Gasteiger partial charge on any atom is -0.378 e. The quantitative estimate of drug-likeness (QED) is 0.776. The Morgan fingerprint density at radius 3 is 2.68 bits per heavy atom. The molecule has 4 rings (SSSR count). The van der Waals surface area contributed by atoms with Gasteiger partial charge in [-0.3, -0.25) is 4.79 Å². The highest BCUT2D eigenvalue weighted by molar-refractivity contribution is 7.13. The highest BCUT2D eigenvalue weighted by Crippen LogP contribution is 2.25. The van der Waals surface area contributed by atoms with E-state index in [9.17, 15) is 4.79 Å². The van der Waals surface area contributed by atoms with Gasteiger partial charge in [-0.25, -0.2) is 0 Å². The molecule has 1 aliphatic rings. The Morgan fingerprint density at radius 1 is 1.16 bits per heavy atom. The van der Waals surface area contributed by atoms with Gasteiger partial charge in [0.05, 0.1) is 18.1 Å². The van der Waals surface area contributed by atoms with Crippen LogP contribution in [0.2, 0.25) is 0 Å².